The van der Waals surface area contributed by atoms with Crippen LogP contribution in [0.2, 0.25) is 0 Å². The van der Waals surface area contributed by atoms with Crippen LogP contribution in [0.15, 0.2) is 17.1 Å². The van der Waals surface area contributed by atoms with Crippen molar-refractivity contribution in [2.45, 2.75) is 85.8 Å². The van der Waals surface area contributed by atoms with E-state index in [9.17, 15) is 10.2 Å². The van der Waals surface area contributed by atoms with Crippen LogP contribution in [0, 0.1) is 5.41 Å². The van der Waals surface area contributed by atoms with Crippen LogP contribution >= 0.6 is 0 Å². The molecule has 0 radical (unpaired) electrons. The molecular weight excluding hydrogens is 298 g/mol. The predicted octanol–water partition coefficient (Wildman–Crippen LogP) is 5.16. The topological polar surface area (TPSA) is 52.8 Å². The lowest BCUT2D eigenvalue weighted by atomic mass is 9.79. The Balaban J connectivity index is 3.54. The van der Waals surface area contributed by atoms with Gasteiger partial charge in [0.2, 0.25) is 0 Å². The fourth-order valence-electron chi connectivity index (χ4n) is 2.15. The van der Waals surface area contributed by atoms with Crippen molar-refractivity contribution in [2.24, 2.45) is 10.4 Å². The molecule has 1 rings (SSSR count). The SMILES string of the molecule is CC(C)(C)c1cc(C=N[C@@](C)(O)C(C)(C)C)c(O)c(C(C)(C)C)c1. The summed E-state index contributed by atoms with van der Waals surface area (Å²) in [6, 6.07) is 4.04. The minimum Gasteiger partial charge on any atom is -0.507 e. The van der Waals surface area contributed by atoms with Crippen LogP contribution in [0.3, 0.4) is 0 Å². The molecule has 0 bridgehead atoms. The lowest BCUT2D eigenvalue weighted by Crippen LogP contribution is -2.37. The highest BCUT2D eigenvalue weighted by atomic mass is 16.3. The van der Waals surface area contributed by atoms with Crippen LogP contribution in [0.25, 0.3) is 0 Å². The molecule has 24 heavy (non-hydrogen) atoms. The van der Waals surface area contributed by atoms with E-state index >= 15 is 0 Å². The molecule has 0 aliphatic rings. The zero-order valence-corrected chi connectivity index (χ0v) is 17.1. The van der Waals surface area contributed by atoms with Gasteiger partial charge in [-0.1, -0.05) is 68.4 Å². The number of rotatable bonds is 2. The Morgan fingerprint density at radius 1 is 0.833 bits per heavy atom. The molecule has 0 saturated heterocycles. The number of aliphatic imine (C=N–C) groups is 1. The lowest BCUT2D eigenvalue weighted by molar-refractivity contribution is -0.0323. The minimum absolute atomic E-state index is 0.0389. The maximum atomic E-state index is 10.7. The van der Waals surface area contributed by atoms with Gasteiger partial charge in [0, 0.05) is 22.8 Å². The molecule has 0 amide bonds. The maximum absolute atomic E-state index is 10.7. The van der Waals surface area contributed by atoms with Crippen molar-refractivity contribution in [3.8, 4) is 5.75 Å². The maximum Gasteiger partial charge on any atom is 0.157 e. The van der Waals surface area contributed by atoms with Gasteiger partial charge in [-0.15, -0.1) is 0 Å². The van der Waals surface area contributed by atoms with Gasteiger partial charge in [0.05, 0.1) is 0 Å². The molecule has 3 nitrogen and oxygen atoms in total. The lowest BCUT2D eigenvalue weighted by Gasteiger charge is -2.33. The average Bonchev–Trinajstić information content (AvgIpc) is 2.33. The van der Waals surface area contributed by atoms with Gasteiger partial charge in [-0.3, -0.25) is 4.99 Å². The van der Waals surface area contributed by atoms with E-state index in [0.29, 0.717) is 5.56 Å². The molecule has 1 atom stereocenters. The second-order valence-electron chi connectivity index (χ2n) is 9.99. The van der Waals surface area contributed by atoms with Crippen molar-refractivity contribution in [2.75, 3.05) is 0 Å². The largest absolute Gasteiger partial charge is 0.507 e. The summed E-state index contributed by atoms with van der Waals surface area (Å²) in [6.07, 6.45) is 1.60. The molecule has 1 aromatic rings. The number of nitrogens with zero attached hydrogens (tertiary/aromatic N) is 1. The molecule has 1 aromatic carbocycles. The molecule has 0 unspecified atom stereocenters. The third-order valence-corrected chi connectivity index (χ3v) is 4.69. The number of benzene rings is 1. The molecule has 2 N–H and O–H groups in total. The fourth-order valence-corrected chi connectivity index (χ4v) is 2.15. The molecule has 0 aliphatic carbocycles. The summed E-state index contributed by atoms with van der Waals surface area (Å²) >= 11 is 0. The van der Waals surface area contributed by atoms with Crippen molar-refractivity contribution in [1.29, 1.82) is 0 Å². The van der Waals surface area contributed by atoms with Gasteiger partial charge in [0.25, 0.3) is 0 Å². The first-order chi connectivity index (χ1) is 10.5. The minimum atomic E-state index is -1.21. The van der Waals surface area contributed by atoms with Crippen LogP contribution in [-0.4, -0.2) is 22.2 Å². The zero-order valence-electron chi connectivity index (χ0n) is 17.1. The van der Waals surface area contributed by atoms with Crippen LogP contribution in [0.5, 0.6) is 5.75 Å². The summed E-state index contributed by atoms with van der Waals surface area (Å²) in [6.45, 7) is 20.2. The highest BCUT2D eigenvalue weighted by molar-refractivity contribution is 5.85. The standard InChI is InChI=1S/C21H35NO2/c1-18(2,3)15-11-14(13-22-21(10,24)20(7,8)9)17(23)16(12-15)19(4,5)6/h11-13,23-24H,1-10H3/t21-/m0/s1. The summed E-state index contributed by atoms with van der Waals surface area (Å²) in [5, 5.41) is 21.3. The van der Waals surface area contributed by atoms with Crippen molar-refractivity contribution in [3.63, 3.8) is 0 Å². The van der Waals surface area contributed by atoms with E-state index in [1.165, 1.54) is 0 Å². The van der Waals surface area contributed by atoms with Gasteiger partial charge in [-0.2, -0.15) is 0 Å². The summed E-state index contributed by atoms with van der Waals surface area (Å²) in [5.74, 6) is 0.240. The van der Waals surface area contributed by atoms with E-state index in [0.717, 1.165) is 11.1 Å². The van der Waals surface area contributed by atoms with Crippen LogP contribution in [0.1, 0.15) is 85.9 Å². The number of hydrogen-bond acceptors (Lipinski definition) is 3. The van der Waals surface area contributed by atoms with Crippen LogP contribution in [0.4, 0.5) is 0 Å². The van der Waals surface area contributed by atoms with Crippen molar-refractivity contribution >= 4 is 6.21 Å². The first-order valence-corrected chi connectivity index (χ1v) is 8.62. The van der Waals surface area contributed by atoms with E-state index in [4.69, 9.17) is 0 Å². The molecular formula is C21H35NO2. The number of phenolic OH excluding ortho intramolecular Hbond substituents is 1. The summed E-state index contributed by atoms with van der Waals surface area (Å²) in [5.41, 5.74) is 0.862. The molecule has 0 saturated carbocycles. The smallest absolute Gasteiger partial charge is 0.157 e. The Bertz CT molecular complexity index is 621. The van der Waals surface area contributed by atoms with Crippen molar-refractivity contribution < 1.29 is 10.2 Å². The van der Waals surface area contributed by atoms with Crippen LogP contribution < -0.4 is 0 Å². The van der Waals surface area contributed by atoms with Gasteiger partial charge in [-0.05, 0) is 29.4 Å². The van der Waals surface area contributed by atoms with E-state index in [-0.39, 0.29) is 16.6 Å². The number of hydrogen-bond donors (Lipinski definition) is 2. The molecule has 3 heteroatoms. The number of aromatic hydroxyl groups is 1. The van der Waals surface area contributed by atoms with E-state index in [1.54, 1.807) is 13.1 Å². The van der Waals surface area contributed by atoms with E-state index in [1.807, 2.05) is 26.8 Å². The molecule has 0 aromatic heterocycles. The molecule has 0 spiro atoms. The Morgan fingerprint density at radius 3 is 1.71 bits per heavy atom. The molecule has 0 aliphatic heterocycles. The monoisotopic (exact) mass is 333 g/mol. The zero-order chi connectivity index (χ0) is 19.1. The molecule has 136 valence electrons. The third-order valence-electron chi connectivity index (χ3n) is 4.69. The predicted molar refractivity (Wildman–Crippen MR) is 103 cm³/mol. The Kier molecular flexibility index (Phi) is 5.33. The van der Waals surface area contributed by atoms with E-state index < -0.39 is 11.1 Å². The van der Waals surface area contributed by atoms with E-state index in [2.05, 4.69) is 52.6 Å². The van der Waals surface area contributed by atoms with Gasteiger partial charge < -0.3 is 10.2 Å². The van der Waals surface area contributed by atoms with Crippen LogP contribution in [-0.2, 0) is 10.8 Å². The van der Waals surface area contributed by atoms with Gasteiger partial charge in [0.1, 0.15) is 5.75 Å². The Labute approximate surface area is 147 Å². The number of phenols is 1. The van der Waals surface area contributed by atoms with Gasteiger partial charge in [0.15, 0.2) is 5.72 Å². The number of aliphatic hydroxyl groups is 1. The van der Waals surface area contributed by atoms with Gasteiger partial charge in [-0.25, -0.2) is 0 Å². The van der Waals surface area contributed by atoms with Gasteiger partial charge >= 0.3 is 0 Å². The quantitative estimate of drug-likeness (QED) is 0.734. The molecule has 0 heterocycles. The Hall–Kier alpha value is -1.35. The highest BCUT2D eigenvalue weighted by Gasteiger charge is 2.34. The highest BCUT2D eigenvalue weighted by Crippen LogP contribution is 2.37. The third kappa shape index (κ3) is 4.60. The second-order valence-corrected chi connectivity index (χ2v) is 9.99. The Morgan fingerprint density at radius 2 is 1.33 bits per heavy atom. The first-order valence-electron chi connectivity index (χ1n) is 8.62. The summed E-state index contributed by atoms with van der Waals surface area (Å²) in [4.78, 5) is 4.38. The van der Waals surface area contributed by atoms with Crippen molar-refractivity contribution in [1.82, 2.24) is 0 Å². The average molecular weight is 334 g/mol. The second kappa shape index (κ2) is 6.18. The fraction of sp³-hybridized carbons (Fsp3) is 0.667. The van der Waals surface area contributed by atoms with Crippen molar-refractivity contribution in [3.05, 3.63) is 28.8 Å². The first kappa shape index (κ1) is 20.7. The normalized spacial score (nSPS) is 16.5. The summed E-state index contributed by atoms with van der Waals surface area (Å²) < 4.78 is 0. The summed E-state index contributed by atoms with van der Waals surface area (Å²) in [7, 11) is 0. The molecule has 0 fully saturated rings.